The van der Waals surface area contributed by atoms with E-state index in [0.717, 1.165) is 11.8 Å². The van der Waals surface area contributed by atoms with Gasteiger partial charge in [0.25, 0.3) is 5.69 Å². The van der Waals surface area contributed by atoms with E-state index in [1.165, 1.54) is 18.2 Å². The summed E-state index contributed by atoms with van der Waals surface area (Å²) >= 11 is 7.10. The van der Waals surface area contributed by atoms with E-state index >= 15 is 0 Å². The van der Waals surface area contributed by atoms with Crippen LogP contribution in [0.25, 0.3) is 0 Å². The van der Waals surface area contributed by atoms with Gasteiger partial charge in [-0.05, 0) is 30.3 Å². The molecule has 11 nitrogen and oxygen atoms in total. The van der Waals surface area contributed by atoms with Gasteiger partial charge in [0.1, 0.15) is 11.6 Å². The monoisotopic (exact) mass is 490 g/mol. The largest absolute Gasteiger partial charge is 0.497 e. The Labute approximate surface area is 197 Å². The summed E-state index contributed by atoms with van der Waals surface area (Å²) in [5, 5.41) is 24.9. The third kappa shape index (κ3) is 6.43. The third-order valence-corrected chi connectivity index (χ3v) is 5.73. The highest BCUT2D eigenvalue weighted by Crippen LogP contribution is 2.27. The van der Waals surface area contributed by atoms with Crippen molar-refractivity contribution in [2.75, 3.05) is 23.5 Å². The normalized spacial score (nSPS) is 10.5. The molecule has 33 heavy (non-hydrogen) atoms. The van der Waals surface area contributed by atoms with Crippen LogP contribution in [-0.2, 0) is 23.1 Å². The number of carbonyl (C=O) groups excluding carboxylic acids is 2. The lowest BCUT2D eigenvalue weighted by molar-refractivity contribution is -0.384. The molecular weight excluding hydrogens is 472 g/mol. The molecule has 0 bridgehead atoms. The van der Waals surface area contributed by atoms with Crippen LogP contribution in [0.5, 0.6) is 5.75 Å². The second-order valence-corrected chi connectivity index (χ2v) is 8.02. The molecule has 1 aromatic heterocycles. The van der Waals surface area contributed by atoms with Crippen LogP contribution in [0.15, 0.2) is 47.6 Å². The number of hydrogen-bond acceptors (Lipinski definition) is 8. The van der Waals surface area contributed by atoms with Crippen molar-refractivity contribution in [3.8, 4) is 5.75 Å². The summed E-state index contributed by atoms with van der Waals surface area (Å²) in [4.78, 5) is 34.9. The van der Waals surface area contributed by atoms with Crippen LogP contribution in [0.2, 0.25) is 5.02 Å². The Morgan fingerprint density at radius 3 is 2.55 bits per heavy atom. The van der Waals surface area contributed by atoms with Crippen molar-refractivity contribution in [3.05, 3.63) is 63.4 Å². The highest BCUT2D eigenvalue weighted by Gasteiger charge is 2.16. The number of ether oxygens (including phenoxy) is 1. The second-order valence-electron chi connectivity index (χ2n) is 6.67. The minimum atomic E-state index is -0.577. The molecule has 0 unspecified atom stereocenters. The number of hydrogen-bond donors (Lipinski definition) is 2. The van der Waals surface area contributed by atoms with Crippen LogP contribution in [0.4, 0.5) is 17.1 Å². The quantitative estimate of drug-likeness (QED) is 0.264. The number of nitrogens with zero attached hydrogens (tertiary/aromatic N) is 4. The molecule has 0 aliphatic heterocycles. The van der Waals surface area contributed by atoms with E-state index < -0.39 is 10.8 Å². The number of carbonyl (C=O) groups is 2. The van der Waals surface area contributed by atoms with Gasteiger partial charge in [-0.15, -0.1) is 10.2 Å². The van der Waals surface area contributed by atoms with Gasteiger partial charge >= 0.3 is 0 Å². The van der Waals surface area contributed by atoms with Crippen LogP contribution in [-0.4, -0.2) is 44.4 Å². The molecule has 2 aromatic carbocycles. The Hall–Kier alpha value is -3.64. The first-order valence-corrected chi connectivity index (χ1v) is 10.8. The average Bonchev–Trinajstić information content (AvgIpc) is 3.13. The van der Waals surface area contributed by atoms with E-state index in [2.05, 4.69) is 20.8 Å². The molecule has 0 radical (unpaired) electrons. The molecule has 172 valence electrons. The van der Waals surface area contributed by atoms with E-state index in [1.807, 2.05) is 0 Å². The molecule has 0 aliphatic carbocycles. The van der Waals surface area contributed by atoms with Gasteiger partial charge in [-0.3, -0.25) is 19.7 Å². The van der Waals surface area contributed by atoms with E-state index in [0.29, 0.717) is 22.4 Å². The van der Waals surface area contributed by atoms with Crippen LogP contribution < -0.4 is 15.4 Å². The fourth-order valence-electron chi connectivity index (χ4n) is 2.69. The van der Waals surface area contributed by atoms with Crippen molar-refractivity contribution in [3.63, 3.8) is 0 Å². The maximum atomic E-state index is 12.3. The topological polar surface area (TPSA) is 141 Å². The standard InChI is InChI=1S/C20H19ClN6O5S/c1-26-17(10-18(28)22-12-3-6-14(32-2)7-4-12)24-25-20(26)33-11-19(29)23-16-9-13(27(30)31)5-8-15(16)21/h3-9H,10-11H2,1-2H3,(H,22,28)(H,23,29). The van der Waals surface area contributed by atoms with E-state index in [1.54, 1.807) is 43.0 Å². The molecule has 3 aromatic rings. The number of nitro benzene ring substituents is 1. The highest BCUT2D eigenvalue weighted by atomic mass is 35.5. The minimum absolute atomic E-state index is 0.00836. The Bertz CT molecular complexity index is 1180. The molecule has 2 N–H and O–H groups in total. The smallest absolute Gasteiger partial charge is 0.271 e. The lowest BCUT2D eigenvalue weighted by atomic mass is 10.3. The van der Waals surface area contributed by atoms with E-state index in [4.69, 9.17) is 16.3 Å². The first kappa shape index (κ1) is 24.0. The molecule has 0 saturated carbocycles. The van der Waals surface area contributed by atoms with E-state index in [9.17, 15) is 19.7 Å². The minimum Gasteiger partial charge on any atom is -0.497 e. The van der Waals surface area contributed by atoms with Gasteiger partial charge in [0, 0.05) is 24.9 Å². The first-order chi connectivity index (χ1) is 15.8. The van der Waals surface area contributed by atoms with Gasteiger partial charge in [-0.1, -0.05) is 23.4 Å². The second kappa shape index (κ2) is 10.8. The number of amides is 2. The zero-order valence-electron chi connectivity index (χ0n) is 17.6. The predicted molar refractivity (Wildman–Crippen MR) is 124 cm³/mol. The third-order valence-electron chi connectivity index (χ3n) is 4.38. The van der Waals surface area contributed by atoms with Crippen LogP contribution in [0, 0.1) is 10.1 Å². The van der Waals surface area contributed by atoms with Crippen molar-refractivity contribution in [1.82, 2.24) is 14.8 Å². The predicted octanol–water partition coefficient (Wildman–Crippen LogP) is 3.30. The maximum Gasteiger partial charge on any atom is 0.271 e. The number of nitrogens with one attached hydrogen (secondary N) is 2. The number of anilines is 2. The number of methoxy groups -OCH3 is 1. The summed E-state index contributed by atoms with van der Waals surface area (Å²) in [5.41, 5.74) is 0.576. The molecule has 0 saturated heterocycles. The maximum absolute atomic E-state index is 12.3. The number of aromatic nitrogens is 3. The molecule has 3 rings (SSSR count). The van der Waals surface area contributed by atoms with Crippen LogP contribution in [0.3, 0.4) is 0 Å². The Balaban J connectivity index is 1.55. The van der Waals surface area contributed by atoms with Gasteiger partial charge in [0.15, 0.2) is 5.16 Å². The lowest BCUT2D eigenvalue weighted by Crippen LogP contribution is -2.17. The Kier molecular flexibility index (Phi) is 7.85. The summed E-state index contributed by atoms with van der Waals surface area (Å²) in [5.74, 6) is 0.364. The molecule has 13 heteroatoms. The van der Waals surface area contributed by atoms with Crippen LogP contribution >= 0.6 is 23.4 Å². The molecule has 0 fully saturated rings. The van der Waals surface area contributed by atoms with Crippen LogP contribution in [0.1, 0.15) is 5.82 Å². The van der Waals surface area contributed by atoms with Gasteiger partial charge in [0.2, 0.25) is 11.8 Å². The summed E-state index contributed by atoms with van der Waals surface area (Å²) in [6.45, 7) is 0. The molecule has 0 atom stereocenters. The zero-order valence-corrected chi connectivity index (χ0v) is 19.1. The lowest BCUT2D eigenvalue weighted by Gasteiger charge is -2.08. The van der Waals surface area contributed by atoms with Gasteiger partial charge < -0.3 is 19.9 Å². The fraction of sp³-hybridized carbons (Fsp3) is 0.200. The molecule has 1 heterocycles. The number of benzene rings is 2. The summed E-state index contributed by atoms with van der Waals surface area (Å²) in [7, 11) is 3.25. The Morgan fingerprint density at radius 2 is 1.88 bits per heavy atom. The van der Waals surface area contributed by atoms with Gasteiger partial charge in [0.05, 0.1) is 34.9 Å². The number of thioether (sulfide) groups is 1. The molecule has 0 spiro atoms. The van der Waals surface area contributed by atoms with Gasteiger partial charge in [-0.2, -0.15) is 0 Å². The highest BCUT2D eigenvalue weighted by molar-refractivity contribution is 7.99. The van der Waals surface area contributed by atoms with E-state index in [-0.39, 0.29) is 34.5 Å². The average molecular weight is 491 g/mol. The molecule has 0 aliphatic rings. The number of non-ortho nitro benzene ring substituents is 1. The van der Waals surface area contributed by atoms with Crippen molar-refractivity contribution in [1.29, 1.82) is 0 Å². The number of halogens is 1. The SMILES string of the molecule is COc1ccc(NC(=O)Cc2nnc(SCC(=O)Nc3cc([N+](=O)[O-])ccc3Cl)n2C)cc1. The number of nitro groups is 1. The van der Waals surface area contributed by atoms with Gasteiger partial charge in [-0.25, -0.2) is 0 Å². The summed E-state index contributed by atoms with van der Waals surface area (Å²) in [6.07, 6.45) is -0.00836. The summed E-state index contributed by atoms with van der Waals surface area (Å²) < 4.78 is 6.70. The Morgan fingerprint density at radius 1 is 1.15 bits per heavy atom. The summed E-state index contributed by atoms with van der Waals surface area (Å²) in [6, 6.07) is 10.7. The fourth-order valence-corrected chi connectivity index (χ4v) is 3.58. The van der Waals surface area contributed by atoms with Crippen molar-refractivity contribution < 1.29 is 19.2 Å². The molecular formula is C20H19ClN6O5S. The van der Waals surface area contributed by atoms with Crippen molar-refractivity contribution >= 4 is 52.2 Å². The van der Waals surface area contributed by atoms with Crippen molar-refractivity contribution in [2.24, 2.45) is 7.05 Å². The van der Waals surface area contributed by atoms with Crippen molar-refractivity contribution in [2.45, 2.75) is 11.6 Å². The first-order valence-electron chi connectivity index (χ1n) is 9.45. The zero-order chi connectivity index (χ0) is 24.0. The molecule has 2 amide bonds. The number of rotatable bonds is 9.